The van der Waals surface area contributed by atoms with Gasteiger partial charge in [0.25, 0.3) is 5.89 Å². The maximum absolute atomic E-state index is 13.2. The average molecular weight is 387 g/mol. The van der Waals surface area contributed by atoms with Crippen LogP contribution < -0.4 is 10.1 Å². The van der Waals surface area contributed by atoms with Crippen LogP contribution >= 0.6 is 0 Å². The van der Waals surface area contributed by atoms with Gasteiger partial charge in [0, 0.05) is 11.1 Å². The molecule has 1 amide bonds. The van der Waals surface area contributed by atoms with Gasteiger partial charge in [-0.25, -0.2) is 0 Å². The Labute approximate surface area is 166 Å². The first-order chi connectivity index (χ1) is 14.1. The molecule has 0 unspecified atom stereocenters. The minimum Gasteiger partial charge on any atom is -0.466 e. The van der Waals surface area contributed by atoms with Gasteiger partial charge < -0.3 is 13.6 Å². The first-order valence-corrected chi connectivity index (χ1v) is 9.17. The van der Waals surface area contributed by atoms with Gasteiger partial charge in [-0.2, -0.15) is 0 Å². The van der Waals surface area contributed by atoms with Crippen molar-refractivity contribution in [2.45, 2.75) is 19.8 Å². The Hall–Kier alpha value is -3.87. The third kappa shape index (κ3) is 2.97. The highest BCUT2D eigenvalue weighted by Gasteiger charge is 2.33. The Morgan fingerprint density at radius 3 is 2.21 bits per heavy atom. The fourth-order valence-electron chi connectivity index (χ4n) is 3.60. The van der Waals surface area contributed by atoms with Crippen LogP contribution in [-0.2, 0) is 4.79 Å². The number of carbonyl (C=O) groups excluding carboxylic acids is 1. The van der Waals surface area contributed by atoms with E-state index in [0.29, 0.717) is 28.7 Å². The summed E-state index contributed by atoms with van der Waals surface area (Å²) < 4.78 is 17.1. The van der Waals surface area contributed by atoms with E-state index < -0.39 is 5.92 Å². The highest BCUT2D eigenvalue weighted by atomic mass is 16.5. The Kier molecular flexibility index (Phi) is 3.94. The molecule has 7 heteroatoms. The Bertz CT molecular complexity index is 1180. The average Bonchev–Trinajstić information content (AvgIpc) is 3.31. The molecule has 0 spiro atoms. The number of furan rings is 1. The molecule has 3 heterocycles. The molecular formula is C22H17N3O4. The van der Waals surface area contributed by atoms with Crippen LogP contribution in [0.1, 0.15) is 28.6 Å². The molecule has 1 aliphatic rings. The lowest BCUT2D eigenvalue weighted by atomic mass is 9.87. The first-order valence-electron chi connectivity index (χ1n) is 9.17. The van der Waals surface area contributed by atoms with Crippen LogP contribution in [-0.4, -0.2) is 16.1 Å². The van der Waals surface area contributed by atoms with E-state index in [-0.39, 0.29) is 11.9 Å². The van der Waals surface area contributed by atoms with Crippen LogP contribution in [0.25, 0.3) is 11.5 Å². The predicted molar refractivity (Wildman–Crippen MR) is 105 cm³/mol. The van der Waals surface area contributed by atoms with Gasteiger partial charge in [0.15, 0.2) is 0 Å². The van der Waals surface area contributed by atoms with Gasteiger partial charge in [0.1, 0.15) is 23.0 Å². The highest BCUT2D eigenvalue weighted by Crippen LogP contribution is 2.44. The minimum atomic E-state index is -0.551. The highest BCUT2D eigenvalue weighted by molar-refractivity contribution is 5.98. The van der Waals surface area contributed by atoms with Crippen molar-refractivity contribution in [2.24, 2.45) is 0 Å². The molecule has 7 nitrogen and oxygen atoms in total. The molecule has 2 aromatic heterocycles. The van der Waals surface area contributed by atoms with E-state index in [1.807, 2.05) is 68.4 Å². The van der Waals surface area contributed by atoms with E-state index in [1.54, 1.807) is 0 Å². The second-order valence-corrected chi connectivity index (χ2v) is 6.84. The number of nitrogens with zero attached hydrogens (tertiary/aromatic N) is 2. The third-order valence-electron chi connectivity index (χ3n) is 4.87. The van der Waals surface area contributed by atoms with Gasteiger partial charge in [-0.05, 0) is 32.0 Å². The Morgan fingerprint density at radius 1 is 0.931 bits per heavy atom. The van der Waals surface area contributed by atoms with Gasteiger partial charge in [0.05, 0.1) is 11.5 Å². The molecule has 0 atom stereocenters. The van der Waals surface area contributed by atoms with Crippen LogP contribution in [0.3, 0.4) is 0 Å². The molecule has 1 N–H and O–H groups in total. The maximum atomic E-state index is 13.2. The van der Waals surface area contributed by atoms with Gasteiger partial charge in [-0.3, -0.25) is 10.1 Å². The number of benzene rings is 2. The zero-order valence-electron chi connectivity index (χ0n) is 15.8. The molecule has 0 bridgehead atoms. The fourth-order valence-corrected chi connectivity index (χ4v) is 3.60. The van der Waals surface area contributed by atoms with Crippen molar-refractivity contribution < 1.29 is 18.4 Å². The quantitative estimate of drug-likeness (QED) is 0.542. The number of hydrogen-bond acceptors (Lipinski definition) is 6. The molecule has 0 fully saturated rings. The number of fused-ring (bicyclic) bond motifs is 2. The molecule has 0 saturated carbocycles. The van der Waals surface area contributed by atoms with Crippen LogP contribution in [0.5, 0.6) is 11.5 Å². The summed E-state index contributed by atoms with van der Waals surface area (Å²) in [6, 6.07) is 16.8. The molecule has 0 aliphatic carbocycles. The zero-order valence-corrected chi connectivity index (χ0v) is 15.8. The number of ether oxygens (including phenoxy) is 1. The molecule has 29 heavy (non-hydrogen) atoms. The van der Waals surface area contributed by atoms with Crippen molar-refractivity contribution in [1.82, 2.24) is 10.2 Å². The summed E-state index contributed by atoms with van der Waals surface area (Å²) in [5.41, 5.74) is 2.27. The lowest BCUT2D eigenvalue weighted by Gasteiger charge is -2.26. The number of rotatable bonds is 3. The maximum Gasteiger partial charge on any atom is 0.322 e. The van der Waals surface area contributed by atoms with Gasteiger partial charge in [0.2, 0.25) is 5.91 Å². The summed E-state index contributed by atoms with van der Waals surface area (Å²) in [6.07, 6.45) is 0. The number of nitrogens with one attached hydrogen (secondary N) is 1. The monoisotopic (exact) mass is 387 g/mol. The topological polar surface area (TPSA) is 90.4 Å². The molecular weight excluding hydrogens is 370 g/mol. The SMILES string of the molecule is Cc1cc(-c2nnc(NC(=O)C3c4ccccc4Oc4ccccc43)o2)c(C)o1. The van der Waals surface area contributed by atoms with Crippen LogP contribution in [0.15, 0.2) is 63.4 Å². The number of aromatic nitrogens is 2. The largest absolute Gasteiger partial charge is 0.466 e. The standard InChI is InChI=1S/C22H17N3O4/c1-12-11-16(13(2)27-12)21-24-25-22(29-21)23-20(26)19-14-7-3-5-9-17(14)28-18-10-6-4-8-15(18)19/h3-11,19H,1-2H3,(H,23,25,26). The van der Waals surface area contributed by atoms with E-state index in [2.05, 4.69) is 15.5 Å². The van der Waals surface area contributed by atoms with Crippen molar-refractivity contribution in [2.75, 3.05) is 5.32 Å². The summed E-state index contributed by atoms with van der Waals surface area (Å²) in [5.74, 6) is 2.20. The number of hydrogen-bond donors (Lipinski definition) is 1. The van der Waals surface area contributed by atoms with E-state index in [4.69, 9.17) is 13.6 Å². The summed E-state index contributed by atoms with van der Waals surface area (Å²) >= 11 is 0. The molecule has 0 saturated heterocycles. The molecule has 1 aliphatic heterocycles. The van der Waals surface area contributed by atoms with Gasteiger partial charge in [-0.1, -0.05) is 41.5 Å². The molecule has 144 valence electrons. The second-order valence-electron chi connectivity index (χ2n) is 6.84. The van der Waals surface area contributed by atoms with Crippen molar-refractivity contribution in [3.63, 3.8) is 0 Å². The van der Waals surface area contributed by atoms with Crippen molar-refractivity contribution in [1.29, 1.82) is 0 Å². The second kappa shape index (κ2) is 6.63. The summed E-state index contributed by atoms with van der Waals surface area (Å²) in [7, 11) is 0. The Morgan fingerprint density at radius 2 is 1.59 bits per heavy atom. The van der Waals surface area contributed by atoms with E-state index >= 15 is 0 Å². The summed E-state index contributed by atoms with van der Waals surface area (Å²) in [5, 5.41) is 10.7. The predicted octanol–water partition coefficient (Wildman–Crippen LogP) is 4.82. The van der Waals surface area contributed by atoms with Gasteiger partial charge >= 0.3 is 6.01 Å². The molecule has 4 aromatic rings. The third-order valence-corrected chi connectivity index (χ3v) is 4.87. The van der Waals surface area contributed by atoms with Crippen LogP contribution in [0, 0.1) is 13.8 Å². The molecule has 0 radical (unpaired) electrons. The normalized spacial score (nSPS) is 12.8. The van der Waals surface area contributed by atoms with E-state index in [1.165, 1.54) is 0 Å². The van der Waals surface area contributed by atoms with Crippen molar-refractivity contribution >= 4 is 11.9 Å². The Balaban J connectivity index is 1.47. The van der Waals surface area contributed by atoms with E-state index in [0.717, 1.165) is 16.9 Å². The van der Waals surface area contributed by atoms with Crippen molar-refractivity contribution in [3.8, 4) is 23.0 Å². The first kappa shape index (κ1) is 17.2. The lowest BCUT2D eigenvalue weighted by molar-refractivity contribution is -0.117. The molecule has 2 aromatic carbocycles. The van der Waals surface area contributed by atoms with Crippen molar-refractivity contribution in [3.05, 3.63) is 77.2 Å². The fraction of sp³-hybridized carbons (Fsp3) is 0.136. The van der Waals surface area contributed by atoms with Crippen LogP contribution in [0.2, 0.25) is 0 Å². The van der Waals surface area contributed by atoms with Gasteiger partial charge in [-0.15, -0.1) is 5.10 Å². The van der Waals surface area contributed by atoms with Crippen LogP contribution in [0.4, 0.5) is 6.01 Å². The smallest absolute Gasteiger partial charge is 0.322 e. The lowest BCUT2D eigenvalue weighted by Crippen LogP contribution is -2.25. The molecule has 5 rings (SSSR count). The zero-order chi connectivity index (χ0) is 20.0. The minimum absolute atomic E-state index is 0.0321. The number of aryl methyl sites for hydroxylation is 2. The number of para-hydroxylation sites is 2. The van der Waals surface area contributed by atoms with E-state index in [9.17, 15) is 4.79 Å². The number of carbonyl (C=O) groups is 1. The number of amides is 1. The number of anilines is 1. The summed E-state index contributed by atoms with van der Waals surface area (Å²) in [4.78, 5) is 13.2. The summed E-state index contributed by atoms with van der Waals surface area (Å²) in [6.45, 7) is 3.66.